The number of rotatable bonds is 4. The molecule has 0 saturated heterocycles. The third-order valence-electron chi connectivity index (χ3n) is 2.46. The van der Waals surface area contributed by atoms with Crippen molar-refractivity contribution < 1.29 is 45.4 Å². The largest absolute Gasteiger partial charge is 0.480 e. The number of amides is 1. The van der Waals surface area contributed by atoms with Crippen molar-refractivity contribution in [3.8, 4) is 0 Å². The number of aliphatic carboxylic acids is 1. The summed E-state index contributed by atoms with van der Waals surface area (Å²) < 4.78 is 88.0. The summed E-state index contributed by atoms with van der Waals surface area (Å²) in [5.41, 5.74) is -1.05. The molecule has 0 aromatic heterocycles. The number of carboxylic acid groups (broad SMARTS) is 1. The first-order valence-corrected chi connectivity index (χ1v) is 5.37. The van der Waals surface area contributed by atoms with Crippen LogP contribution in [0.1, 0.15) is 5.56 Å². The van der Waals surface area contributed by atoms with Crippen LogP contribution in [0.15, 0.2) is 6.07 Å². The molecule has 0 heterocycles. The summed E-state index contributed by atoms with van der Waals surface area (Å²) in [4.78, 5) is 21.4. The Morgan fingerprint density at radius 1 is 1.09 bits per heavy atom. The highest BCUT2D eigenvalue weighted by molar-refractivity contribution is 5.87. The average Bonchev–Trinajstić information content (AvgIpc) is 2.40. The van der Waals surface area contributed by atoms with Gasteiger partial charge in [-0.2, -0.15) is 13.2 Å². The van der Waals surface area contributed by atoms with E-state index < -0.39 is 59.3 Å². The van der Waals surface area contributed by atoms with Crippen molar-refractivity contribution in [1.29, 1.82) is 0 Å². The molecule has 2 N–H and O–H groups in total. The second-order valence-electron chi connectivity index (χ2n) is 4.03. The molecule has 0 spiro atoms. The van der Waals surface area contributed by atoms with E-state index in [1.807, 2.05) is 0 Å². The maximum atomic E-state index is 13.3. The zero-order valence-corrected chi connectivity index (χ0v) is 10.3. The van der Waals surface area contributed by atoms with E-state index in [2.05, 4.69) is 0 Å². The zero-order chi connectivity index (χ0) is 17.2. The SMILES string of the molecule is O=C(O)C(Cc1cc(F)c(F)c(F)c1F)NC(=O)C(F)(F)F. The summed E-state index contributed by atoms with van der Waals surface area (Å²) in [5, 5.41) is 9.68. The summed E-state index contributed by atoms with van der Waals surface area (Å²) in [6.45, 7) is 0. The molecule has 1 amide bonds. The molecule has 0 fully saturated rings. The Morgan fingerprint density at radius 2 is 1.64 bits per heavy atom. The van der Waals surface area contributed by atoms with E-state index in [4.69, 9.17) is 5.11 Å². The van der Waals surface area contributed by atoms with Crippen molar-refractivity contribution in [3.63, 3.8) is 0 Å². The Kier molecular flexibility index (Phi) is 4.99. The van der Waals surface area contributed by atoms with E-state index >= 15 is 0 Å². The molecule has 1 unspecified atom stereocenters. The molecular weight excluding hydrogens is 327 g/mol. The van der Waals surface area contributed by atoms with E-state index in [1.54, 1.807) is 0 Å². The molecule has 0 radical (unpaired) electrons. The van der Waals surface area contributed by atoms with Crippen LogP contribution >= 0.6 is 0 Å². The van der Waals surface area contributed by atoms with Gasteiger partial charge >= 0.3 is 18.1 Å². The predicted molar refractivity (Wildman–Crippen MR) is 55.6 cm³/mol. The lowest BCUT2D eigenvalue weighted by Crippen LogP contribution is -2.48. The van der Waals surface area contributed by atoms with Gasteiger partial charge in [-0.1, -0.05) is 0 Å². The summed E-state index contributed by atoms with van der Waals surface area (Å²) in [6.07, 6.45) is -6.64. The van der Waals surface area contributed by atoms with E-state index in [9.17, 15) is 40.3 Å². The number of carboxylic acids is 1. The summed E-state index contributed by atoms with van der Waals surface area (Å²) in [5.74, 6) is -12.9. The van der Waals surface area contributed by atoms with E-state index in [0.717, 1.165) is 5.32 Å². The van der Waals surface area contributed by atoms with Gasteiger partial charge in [0, 0.05) is 6.42 Å². The van der Waals surface area contributed by atoms with Crippen molar-refractivity contribution in [1.82, 2.24) is 5.32 Å². The Morgan fingerprint density at radius 3 is 2.09 bits per heavy atom. The second kappa shape index (κ2) is 6.20. The lowest BCUT2D eigenvalue weighted by Gasteiger charge is -2.16. The lowest BCUT2D eigenvalue weighted by molar-refractivity contribution is -0.175. The monoisotopic (exact) mass is 333 g/mol. The molecule has 11 heteroatoms. The average molecular weight is 333 g/mol. The van der Waals surface area contributed by atoms with Crippen LogP contribution in [0.2, 0.25) is 0 Å². The van der Waals surface area contributed by atoms with Crippen LogP contribution < -0.4 is 5.32 Å². The van der Waals surface area contributed by atoms with Crippen LogP contribution in [0.4, 0.5) is 30.7 Å². The lowest BCUT2D eigenvalue weighted by atomic mass is 10.0. The fraction of sp³-hybridized carbons (Fsp3) is 0.273. The van der Waals surface area contributed by atoms with E-state index in [0.29, 0.717) is 0 Å². The van der Waals surface area contributed by atoms with Gasteiger partial charge in [-0.05, 0) is 11.6 Å². The summed E-state index contributed by atoms with van der Waals surface area (Å²) >= 11 is 0. The molecule has 1 rings (SSSR count). The minimum atomic E-state index is -5.41. The van der Waals surface area contributed by atoms with Crippen LogP contribution in [0.5, 0.6) is 0 Å². The van der Waals surface area contributed by atoms with Gasteiger partial charge in [-0.25, -0.2) is 22.4 Å². The fourth-order valence-corrected chi connectivity index (χ4v) is 1.43. The molecular formula is C11H6F7NO3. The van der Waals surface area contributed by atoms with Gasteiger partial charge in [0.15, 0.2) is 23.3 Å². The number of hydrogen-bond donors (Lipinski definition) is 2. The summed E-state index contributed by atoms with van der Waals surface area (Å²) in [7, 11) is 0. The van der Waals surface area contributed by atoms with Crippen molar-refractivity contribution in [2.45, 2.75) is 18.6 Å². The predicted octanol–water partition coefficient (Wildman–Crippen LogP) is 1.92. The molecule has 0 aliphatic heterocycles. The first-order valence-electron chi connectivity index (χ1n) is 5.37. The van der Waals surface area contributed by atoms with Gasteiger partial charge in [0.1, 0.15) is 6.04 Å². The molecule has 1 atom stereocenters. The number of carbonyl (C=O) groups excluding carboxylic acids is 1. The Hall–Kier alpha value is -2.33. The molecule has 4 nitrogen and oxygen atoms in total. The van der Waals surface area contributed by atoms with E-state index in [1.165, 1.54) is 0 Å². The van der Waals surface area contributed by atoms with Gasteiger partial charge in [0.25, 0.3) is 0 Å². The standard InChI is InChI=1S/C11H6F7NO3/c12-4-1-3(6(13)8(15)7(4)14)2-5(9(20)21)19-10(22)11(16,17)18/h1,5H,2H2,(H,19,22)(H,20,21). The van der Waals surface area contributed by atoms with Crippen LogP contribution in [0.25, 0.3) is 0 Å². The number of hydrogen-bond acceptors (Lipinski definition) is 2. The fourth-order valence-electron chi connectivity index (χ4n) is 1.43. The molecule has 0 saturated carbocycles. The highest BCUT2D eigenvalue weighted by Crippen LogP contribution is 2.21. The number of halogens is 7. The van der Waals surface area contributed by atoms with Gasteiger partial charge in [0.05, 0.1) is 0 Å². The molecule has 0 aliphatic carbocycles. The second-order valence-corrected chi connectivity index (χ2v) is 4.03. The van der Waals surface area contributed by atoms with Crippen molar-refractivity contribution in [2.75, 3.05) is 0 Å². The van der Waals surface area contributed by atoms with Gasteiger partial charge in [0.2, 0.25) is 0 Å². The minimum absolute atomic E-state index is 0.0867. The Bertz CT molecular complexity index is 615. The molecule has 22 heavy (non-hydrogen) atoms. The van der Waals surface area contributed by atoms with Crippen LogP contribution in [0, 0.1) is 23.3 Å². The molecule has 122 valence electrons. The number of carbonyl (C=O) groups is 2. The van der Waals surface area contributed by atoms with Gasteiger partial charge in [-0.3, -0.25) is 4.79 Å². The normalized spacial score (nSPS) is 12.9. The number of nitrogens with one attached hydrogen (secondary N) is 1. The summed E-state index contributed by atoms with van der Waals surface area (Å²) in [6, 6.07) is -2.24. The maximum absolute atomic E-state index is 13.3. The van der Waals surface area contributed by atoms with Crippen LogP contribution in [0.3, 0.4) is 0 Å². The first kappa shape index (κ1) is 17.7. The highest BCUT2D eigenvalue weighted by atomic mass is 19.4. The topological polar surface area (TPSA) is 66.4 Å². The first-order chi connectivity index (χ1) is 9.95. The Balaban J connectivity index is 3.08. The van der Waals surface area contributed by atoms with Crippen LogP contribution in [-0.4, -0.2) is 29.2 Å². The molecule has 0 bridgehead atoms. The minimum Gasteiger partial charge on any atom is -0.480 e. The van der Waals surface area contributed by atoms with Crippen molar-refractivity contribution in [2.24, 2.45) is 0 Å². The molecule has 0 aliphatic rings. The molecule has 1 aromatic carbocycles. The molecule has 1 aromatic rings. The van der Waals surface area contributed by atoms with E-state index in [-0.39, 0.29) is 6.07 Å². The van der Waals surface area contributed by atoms with Crippen molar-refractivity contribution in [3.05, 3.63) is 34.9 Å². The van der Waals surface area contributed by atoms with Gasteiger partial charge < -0.3 is 10.4 Å². The third kappa shape index (κ3) is 3.86. The van der Waals surface area contributed by atoms with Crippen LogP contribution in [-0.2, 0) is 16.0 Å². The maximum Gasteiger partial charge on any atom is 0.471 e. The smallest absolute Gasteiger partial charge is 0.471 e. The number of alkyl halides is 3. The van der Waals surface area contributed by atoms with Gasteiger partial charge in [-0.15, -0.1) is 0 Å². The highest BCUT2D eigenvalue weighted by Gasteiger charge is 2.41. The number of benzene rings is 1. The Labute approximate surface area is 117 Å². The zero-order valence-electron chi connectivity index (χ0n) is 10.3. The quantitative estimate of drug-likeness (QED) is 0.503. The third-order valence-corrected chi connectivity index (χ3v) is 2.46. The van der Waals surface area contributed by atoms with Crippen molar-refractivity contribution >= 4 is 11.9 Å².